The van der Waals surface area contributed by atoms with Crippen LogP contribution in [0.4, 0.5) is 0 Å². The fourth-order valence-electron chi connectivity index (χ4n) is 2.16. The molecule has 0 bridgehead atoms. The number of nitrogens with zero attached hydrogens (tertiary/aromatic N) is 1. The summed E-state index contributed by atoms with van der Waals surface area (Å²) >= 11 is 0. The number of ether oxygens (including phenoxy) is 1. The molecule has 20 heavy (non-hydrogen) atoms. The van der Waals surface area contributed by atoms with Gasteiger partial charge in [0.1, 0.15) is 24.0 Å². The standard InChI is InChI=1S/C14H17NO5/c1-4-5-6-7-9-11(16)12(17)10-13(20-9)8(2)15(19-3)14(10)18/h4-7,9,11-12,16-17H,2H2,1,3H3/b5-4+,7-6+/t9-,11+,12-/m0/s1. The fraction of sp³-hybridized carbons (Fsp3) is 0.357. The van der Waals surface area contributed by atoms with Gasteiger partial charge in [-0.1, -0.05) is 24.8 Å². The molecule has 0 radical (unpaired) electrons. The highest BCUT2D eigenvalue weighted by atomic mass is 16.7. The summed E-state index contributed by atoms with van der Waals surface area (Å²) in [4.78, 5) is 16.9. The van der Waals surface area contributed by atoms with Gasteiger partial charge in [0.25, 0.3) is 5.91 Å². The molecule has 0 fully saturated rings. The van der Waals surface area contributed by atoms with Crippen LogP contribution in [-0.4, -0.2) is 46.6 Å². The van der Waals surface area contributed by atoms with Gasteiger partial charge in [0.2, 0.25) is 0 Å². The molecule has 0 saturated heterocycles. The van der Waals surface area contributed by atoms with Crippen molar-refractivity contribution in [3.8, 4) is 0 Å². The molecule has 0 aromatic heterocycles. The van der Waals surface area contributed by atoms with Crippen molar-refractivity contribution in [3.05, 3.63) is 47.9 Å². The molecule has 0 aromatic rings. The highest BCUT2D eigenvalue weighted by Gasteiger charge is 2.48. The molecule has 0 aliphatic carbocycles. The second-order valence-electron chi connectivity index (χ2n) is 4.40. The highest BCUT2D eigenvalue weighted by molar-refractivity contribution is 6.00. The van der Waals surface area contributed by atoms with Gasteiger partial charge < -0.3 is 14.9 Å². The van der Waals surface area contributed by atoms with Crippen LogP contribution >= 0.6 is 0 Å². The molecule has 2 aliphatic rings. The van der Waals surface area contributed by atoms with Crippen molar-refractivity contribution in [1.29, 1.82) is 0 Å². The summed E-state index contributed by atoms with van der Waals surface area (Å²) in [6, 6.07) is 0. The summed E-state index contributed by atoms with van der Waals surface area (Å²) in [6.45, 7) is 5.55. The Hall–Kier alpha value is -1.89. The lowest BCUT2D eigenvalue weighted by molar-refractivity contribution is -0.159. The van der Waals surface area contributed by atoms with Gasteiger partial charge in [0.05, 0.1) is 12.7 Å². The summed E-state index contributed by atoms with van der Waals surface area (Å²) in [5, 5.41) is 21.0. The maximum atomic E-state index is 12.0. The average Bonchev–Trinajstić information content (AvgIpc) is 2.67. The Bertz CT molecular complexity index is 520. The van der Waals surface area contributed by atoms with Crippen LogP contribution in [0.15, 0.2) is 47.9 Å². The SMILES string of the molecule is C=C1C2=C(C(=O)N1OC)[C@H](O)[C@H](O)[C@H](/C=C/C=C/C)O2. The van der Waals surface area contributed by atoms with Gasteiger partial charge in [-0.3, -0.25) is 9.63 Å². The highest BCUT2D eigenvalue weighted by Crippen LogP contribution is 2.37. The number of rotatable bonds is 3. The summed E-state index contributed by atoms with van der Waals surface area (Å²) in [5.41, 5.74) is 0.183. The van der Waals surface area contributed by atoms with Crippen LogP contribution in [-0.2, 0) is 14.4 Å². The van der Waals surface area contributed by atoms with Crippen molar-refractivity contribution in [2.24, 2.45) is 0 Å². The summed E-state index contributed by atoms with van der Waals surface area (Å²) in [7, 11) is 1.31. The summed E-state index contributed by atoms with van der Waals surface area (Å²) in [5.74, 6) is -0.417. The van der Waals surface area contributed by atoms with Crippen molar-refractivity contribution < 1.29 is 24.6 Å². The molecule has 108 valence electrons. The van der Waals surface area contributed by atoms with Crippen LogP contribution in [0.25, 0.3) is 0 Å². The Morgan fingerprint density at radius 3 is 2.70 bits per heavy atom. The van der Waals surface area contributed by atoms with E-state index in [1.807, 2.05) is 13.0 Å². The van der Waals surface area contributed by atoms with E-state index in [1.165, 1.54) is 7.11 Å². The second kappa shape index (κ2) is 5.62. The molecule has 6 heteroatoms. The maximum absolute atomic E-state index is 12.0. The number of aliphatic hydroxyl groups is 2. The van der Waals surface area contributed by atoms with Crippen LogP contribution < -0.4 is 0 Å². The van der Waals surface area contributed by atoms with Gasteiger partial charge in [-0.15, -0.1) is 0 Å². The van der Waals surface area contributed by atoms with E-state index in [9.17, 15) is 15.0 Å². The van der Waals surface area contributed by atoms with Crippen molar-refractivity contribution in [1.82, 2.24) is 5.06 Å². The zero-order chi connectivity index (χ0) is 14.9. The van der Waals surface area contributed by atoms with Crippen LogP contribution in [0, 0.1) is 0 Å². The number of hydroxylamine groups is 2. The lowest BCUT2D eigenvalue weighted by Crippen LogP contribution is -2.44. The van der Waals surface area contributed by atoms with Gasteiger partial charge >= 0.3 is 0 Å². The largest absolute Gasteiger partial charge is 0.481 e. The maximum Gasteiger partial charge on any atom is 0.284 e. The van der Waals surface area contributed by atoms with Gasteiger partial charge in [-0.05, 0) is 13.0 Å². The molecular formula is C14H17NO5. The third kappa shape index (κ3) is 2.18. The molecule has 2 N–H and O–H groups in total. The number of amides is 1. The molecule has 0 aromatic carbocycles. The summed E-state index contributed by atoms with van der Waals surface area (Å²) < 4.78 is 5.56. The lowest BCUT2D eigenvalue weighted by atomic mass is 9.96. The van der Waals surface area contributed by atoms with Crippen LogP contribution in [0.1, 0.15) is 6.92 Å². The van der Waals surface area contributed by atoms with E-state index in [0.717, 1.165) is 5.06 Å². The smallest absolute Gasteiger partial charge is 0.284 e. The number of carbonyl (C=O) groups is 1. The Kier molecular flexibility index (Phi) is 4.08. The molecule has 0 spiro atoms. The molecule has 2 heterocycles. The first-order chi connectivity index (χ1) is 9.52. The monoisotopic (exact) mass is 279 g/mol. The average molecular weight is 279 g/mol. The van der Waals surface area contributed by atoms with E-state index in [4.69, 9.17) is 9.57 Å². The number of aliphatic hydroxyl groups excluding tert-OH is 2. The van der Waals surface area contributed by atoms with E-state index in [2.05, 4.69) is 6.58 Å². The van der Waals surface area contributed by atoms with Crippen LogP contribution in [0.2, 0.25) is 0 Å². The van der Waals surface area contributed by atoms with Crippen molar-refractivity contribution in [2.45, 2.75) is 25.2 Å². The topological polar surface area (TPSA) is 79.2 Å². The third-order valence-corrected chi connectivity index (χ3v) is 3.16. The Labute approximate surface area is 116 Å². The van der Waals surface area contributed by atoms with Crippen molar-refractivity contribution >= 4 is 5.91 Å². The van der Waals surface area contributed by atoms with E-state index in [0.29, 0.717) is 0 Å². The number of hydrogen-bond acceptors (Lipinski definition) is 5. The van der Waals surface area contributed by atoms with E-state index < -0.39 is 24.2 Å². The molecule has 0 unspecified atom stereocenters. The van der Waals surface area contributed by atoms with E-state index >= 15 is 0 Å². The zero-order valence-corrected chi connectivity index (χ0v) is 11.3. The minimum atomic E-state index is -1.34. The Balaban J connectivity index is 2.32. The molecule has 0 saturated carbocycles. The van der Waals surface area contributed by atoms with Gasteiger partial charge in [0, 0.05) is 0 Å². The molecular weight excluding hydrogens is 262 g/mol. The molecule has 6 nitrogen and oxygen atoms in total. The van der Waals surface area contributed by atoms with Crippen molar-refractivity contribution in [2.75, 3.05) is 7.11 Å². The minimum Gasteiger partial charge on any atom is -0.481 e. The molecule has 2 aliphatic heterocycles. The Morgan fingerprint density at radius 1 is 1.40 bits per heavy atom. The van der Waals surface area contributed by atoms with Gasteiger partial charge in [0.15, 0.2) is 5.76 Å². The zero-order valence-electron chi connectivity index (χ0n) is 11.3. The third-order valence-electron chi connectivity index (χ3n) is 3.16. The first kappa shape index (κ1) is 14.5. The Morgan fingerprint density at radius 2 is 2.10 bits per heavy atom. The predicted molar refractivity (Wildman–Crippen MR) is 70.9 cm³/mol. The van der Waals surface area contributed by atoms with Crippen LogP contribution in [0.3, 0.4) is 0 Å². The second-order valence-corrected chi connectivity index (χ2v) is 4.40. The van der Waals surface area contributed by atoms with E-state index in [-0.39, 0.29) is 17.0 Å². The van der Waals surface area contributed by atoms with Gasteiger partial charge in [-0.25, -0.2) is 0 Å². The molecule has 2 rings (SSSR count). The van der Waals surface area contributed by atoms with Crippen molar-refractivity contribution in [3.63, 3.8) is 0 Å². The molecule has 3 atom stereocenters. The molecule has 1 amide bonds. The first-order valence-electron chi connectivity index (χ1n) is 6.17. The van der Waals surface area contributed by atoms with Crippen LogP contribution in [0.5, 0.6) is 0 Å². The predicted octanol–water partition coefficient (Wildman–Crippen LogP) is 0.411. The number of carbonyl (C=O) groups excluding carboxylic acids is 1. The number of hydrogen-bond donors (Lipinski definition) is 2. The van der Waals surface area contributed by atoms with Gasteiger partial charge in [-0.2, -0.15) is 5.06 Å². The normalized spacial score (nSPS) is 30.6. The summed E-state index contributed by atoms with van der Waals surface area (Å²) in [6.07, 6.45) is 3.54. The lowest BCUT2D eigenvalue weighted by Gasteiger charge is -2.30. The quantitative estimate of drug-likeness (QED) is 0.732. The fourth-order valence-corrected chi connectivity index (χ4v) is 2.16. The minimum absolute atomic E-state index is 0.0277. The first-order valence-corrected chi connectivity index (χ1v) is 6.17. The van der Waals surface area contributed by atoms with E-state index in [1.54, 1.807) is 18.2 Å². The number of allylic oxidation sites excluding steroid dienone is 3.